The molecule has 168 valence electrons. The molecule has 1 amide bonds. The summed E-state index contributed by atoms with van der Waals surface area (Å²) in [6.07, 6.45) is 0. The number of rotatable bonds is 6. The quantitative estimate of drug-likeness (QED) is 0.546. The van der Waals surface area contributed by atoms with Crippen LogP contribution >= 0.6 is 0 Å². The van der Waals surface area contributed by atoms with Crippen molar-refractivity contribution in [3.8, 4) is 11.5 Å². The molecule has 6 nitrogen and oxygen atoms in total. The number of carbonyl (C=O) groups is 1. The minimum Gasteiger partial charge on any atom is -0.486 e. The molecule has 1 unspecified atom stereocenters. The van der Waals surface area contributed by atoms with Crippen LogP contribution in [0.2, 0.25) is 0 Å². The molecular formula is C26H24FN3O3. The number of carbonyl (C=O) groups excluding carboxylic acids is 1. The monoisotopic (exact) mass is 445 g/mol. The molecule has 3 aromatic rings. The predicted molar refractivity (Wildman–Crippen MR) is 125 cm³/mol. The second kappa shape index (κ2) is 9.03. The first-order valence-corrected chi connectivity index (χ1v) is 11.0. The van der Waals surface area contributed by atoms with E-state index in [2.05, 4.69) is 17.6 Å². The van der Waals surface area contributed by atoms with Gasteiger partial charge >= 0.3 is 0 Å². The Balaban J connectivity index is 1.59. The number of amides is 1. The van der Waals surface area contributed by atoms with E-state index < -0.39 is 11.7 Å². The van der Waals surface area contributed by atoms with Gasteiger partial charge in [-0.1, -0.05) is 25.1 Å². The summed E-state index contributed by atoms with van der Waals surface area (Å²) < 4.78 is 25.2. The molecule has 7 heteroatoms. The van der Waals surface area contributed by atoms with E-state index >= 15 is 0 Å². The maximum Gasteiger partial charge on any atom is 0.238 e. The van der Waals surface area contributed by atoms with Crippen LogP contribution in [0.5, 0.6) is 11.5 Å². The number of hydrogen-bond acceptors (Lipinski definition) is 5. The Hall–Kier alpha value is -3.71. The molecule has 5 rings (SSSR count). The topological polar surface area (TPSA) is 72.0 Å². The summed E-state index contributed by atoms with van der Waals surface area (Å²) in [7, 11) is 0. The molecule has 0 fully saturated rings. The lowest BCUT2D eigenvalue weighted by atomic mass is 9.90. The highest BCUT2D eigenvalue weighted by molar-refractivity contribution is 6.24. The Morgan fingerprint density at radius 2 is 1.85 bits per heavy atom. The third kappa shape index (κ3) is 4.32. The SMILES string of the molecule is CCNCc1ccc(N=C(c2ccc3c(c2)OCCO3)C2C(=O)Nc3cc(F)ccc32)cc1. The fourth-order valence-electron chi connectivity index (χ4n) is 4.10. The van der Waals surface area contributed by atoms with Crippen molar-refractivity contribution in [2.24, 2.45) is 4.99 Å². The first-order chi connectivity index (χ1) is 16.1. The standard InChI is InChI=1S/C26H24FN3O3/c1-2-28-15-16-3-7-19(8-4-16)29-25(17-5-10-22-23(13-17)33-12-11-32-22)24-20-9-6-18(27)14-21(20)30-26(24)31/h3-10,13-14,24,28H,2,11-12,15H2,1H3,(H,30,31). The second-order valence-electron chi connectivity index (χ2n) is 7.96. The van der Waals surface area contributed by atoms with Crippen LogP contribution in [0.3, 0.4) is 0 Å². The predicted octanol–water partition coefficient (Wildman–Crippen LogP) is 4.56. The minimum absolute atomic E-state index is 0.243. The minimum atomic E-state index is -0.676. The van der Waals surface area contributed by atoms with Crippen LogP contribution in [0.4, 0.5) is 15.8 Å². The van der Waals surface area contributed by atoms with Crippen LogP contribution in [0.1, 0.15) is 29.5 Å². The number of aliphatic imine (C=N–C) groups is 1. The summed E-state index contributed by atoms with van der Waals surface area (Å²) in [5.41, 5.74) is 4.34. The van der Waals surface area contributed by atoms with Gasteiger partial charge in [-0.05, 0) is 60.1 Å². The summed E-state index contributed by atoms with van der Waals surface area (Å²) in [4.78, 5) is 17.9. The van der Waals surface area contributed by atoms with E-state index in [1.807, 2.05) is 42.5 Å². The first-order valence-electron chi connectivity index (χ1n) is 11.0. The van der Waals surface area contributed by atoms with Gasteiger partial charge in [0.2, 0.25) is 5.91 Å². The number of halogens is 1. The van der Waals surface area contributed by atoms with Crippen molar-refractivity contribution in [2.75, 3.05) is 25.1 Å². The molecule has 0 aromatic heterocycles. The van der Waals surface area contributed by atoms with Crippen LogP contribution in [0.25, 0.3) is 0 Å². The number of fused-ring (bicyclic) bond motifs is 2. The van der Waals surface area contributed by atoms with Gasteiger partial charge in [-0.3, -0.25) is 9.79 Å². The average Bonchev–Trinajstić information content (AvgIpc) is 3.16. The van der Waals surface area contributed by atoms with E-state index in [9.17, 15) is 9.18 Å². The number of benzene rings is 3. The summed E-state index contributed by atoms with van der Waals surface area (Å²) in [5.74, 6) is -0.0398. The summed E-state index contributed by atoms with van der Waals surface area (Å²) in [6.45, 7) is 4.69. The molecule has 2 aliphatic rings. The summed E-state index contributed by atoms with van der Waals surface area (Å²) in [6, 6.07) is 17.8. The normalized spacial score (nSPS) is 17.0. The smallest absolute Gasteiger partial charge is 0.238 e. The zero-order valence-corrected chi connectivity index (χ0v) is 18.2. The highest BCUT2D eigenvalue weighted by Gasteiger charge is 2.36. The van der Waals surface area contributed by atoms with Crippen molar-refractivity contribution >= 4 is 23.0 Å². The van der Waals surface area contributed by atoms with Gasteiger partial charge in [0.1, 0.15) is 24.9 Å². The number of hydrogen-bond donors (Lipinski definition) is 2. The van der Waals surface area contributed by atoms with Crippen molar-refractivity contribution in [3.05, 3.63) is 83.2 Å². The van der Waals surface area contributed by atoms with Crippen LogP contribution in [-0.4, -0.2) is 31.4 Å². The van der Waals surface area contributed by atoms with E-state index in [1.165, 1.54) is 12.1 Å². The van der Waals surface area contributed by atoms with Crippen LogP contribution in [-0.2, 0) is 11.3 Å². The van der Waals surface area contributed by atoms with Gasteiger partial charge in [0, 0.05) is 17.8 Å². The molecule has 1 atom stereocenters. The molecule has 0 aliphatic carbocycles. The Morgan fingerprint density at radius 3 is 2.64 bits per heavy atom. The number of ether oxygens (including phenoxy) is 2. The molecule has 0 radical (unpaired) electrons. The van der Waals surface area contributed by atoms with Crippen LogP contribution < -0.4 is 20.1 Å². The van der Waals surface area contributed by atoms with E-state index in [4.69, 9.17) is 14.5 Å². The zero-order valence-electron chi connectivity index (χ0n) is 18.2. The molecule has 0 saturated carbocycles. The lowest BCUT2D eigenvalue weighted by Crippen LogP contribution is -2.22. The molecule has 2 heterocycles. The van der Waals surface area contributed by atoms with Crippen molar-refractivity contribution in [1.29, 1.82) is 0 Å². The average molecular weight is 445 g/mol. The maximum absolute atomic E-state index is 13.8. The third-order valence-corrected chi connectivity index (χ3v) is 5.72. The Kier molecular flexibility index (Phi) is 5.79. The largest absolute Gasteiger partial charge is 0.486 e. The first kappa shape index (κ1) is 21.2. The maximum atomic E-state index is 13.8. The van der Waals surface area contributed by atoms with Crippen molar-refractivity contribution in [2.45, 2.75) is 19.4 Å². The van der Waals surface area contributed by atoms with Gasteiger partial charge in [0.15, 0.2) is 11.5 Å². The van der Waals surface area contributed by atoms with Gasteiger partial charge in [-0.2, -0.15) is 0 Å². The van der Waals surface area contributed by atoms with Gasteiger partial charge in [0.05, 0.1) is 11.4 Å². The van der Waals surface area contributed by atoms with Crippen LogP contribution in [0.15, 0.2) is 65.7 Å². The second-order valence-corrected chi connectivity index (χ2v) is 7.96. The van der Waals surface area contributed by atoms with E-state index in [-0.39, 0.29) is 5.91 Å². The Morgan fingerprint density at radius 1 is 1.06 bits per heavy atom. The van der Waals surface area contributed by atoms with Crippen LogP contribution in [0, 0.1) is 5.82 Å². The Bertz CT molecular complexity index is 1220. The van der Waals surface area contributed by atoms with Crippen molar-refractivity contribution in [3.63, 3.8) is 0 Å². The zero-order chi connectivity index (χ0) is 22.8. The van der Waals surface area contributed by atoms with Gasteiger partial charge in [-0.25, -0.2) is 4.39 Å². The van der Waals surface area contributed by atoms with Gasteiger partial charge < -0.3 is 20.1 Å². The summed E-state index contributed by atoms with van der Waals surface area (Å²) in [5, 5.41) is 6.10. The van der Waals surface area contributed by atoms with E-state index in [0.29, 0.717) is 41.7 Å². The summed E-state index contributed by atoms with van der Waals surface area (Å²) >= 11 is 0. The molecule has 0 bridgehead atoms. The fraction of sp³-hybridized carbons (Fsp3) is 0.231. The lowest BCUT2D eigenvalue weighted by Gasteiger charge is -2.20. The molecule has 0 saturated heterocycles. The molecule has 0 spiro atoms. The number of nitrogens with one attached hydrogen (secondary N) is 2. The van der Waals surface area contributed by atoms with Crippen molar-refractivity contribution in [1.82, 2.24) is 5.32 Å². The molecule has 2 N–H and O–H groups in total. The highest BCUT2D eigenvalue weighted by atomic mass is 19.1. The van der Waals surface area contributed by atoms with Gasteiger partial charge in [-0.15, -0.1) is 0 Å². The molecular weight excluding hydrogens is 421 g/mol. The highest BCUT2D eigenvalue weighted by Crippen LogP contribution is 2.39. The van der Waals surface area contributed by atoms with Crippen molar-refractivity contribution < 1.29 is 18.7 Å². The van der Waals surface area contributed by atoms with E-state index in [0.717, 1.165) is 29.9 Å². The molecule has 33 heavy (non-hydrogen) atoms. The fourth-order valence-corrected chi connectivity index (χ4v) is 4.10. The number of anilines is 1. The lowest BCUT2D eigenvalue weighted by molar-refractivity contribution is -0.115. The van der Waals surface area contributed by atoms with E-state index in [1.54, 1.807) is 6.07 Å². The molecule has 2 aliphatic heterocycles. The molecule has 3 aromatic carbocycles. The third-order valence-electron chi connectivity index (χ3n) is 5.72. The number of nitrogens with zero attached hydrogens (tertiary/aromatic N) is 1. The Labute approximate surface area is 191 Å². The van der Waals surface area contributed by atoms with Gasteiger partial charge in [0.25, 0.3) is 0 Å².